The first-order valence-corrected chi connectivity index (χ1v) is 6.66. The van der Waals surface area contributed by atoms with E-state index >= 15 is 0 Å². The summed E-state index contributed by atoms with van der Waals surface area (Å²) in [6.45, 7) is 3.76. The van der Waals surface area contributed by atoms with Crippen LogP contribution in [0.25, 0.3) is 11.1 Å². The fourth-order valence-electron chi connectivity index (χ4n) is 2.12. The minimum atomic E-state index is 0.673. The zero-order chi connectivity index (χ0) is 14.4. The Morgan fingerprint density at radius 2 is 1.95 bits per heavy atom. The molecular weight excluding hydrogens is 248 g/mol. The Bertz CT molecular complexity index is 629. The van der Waals surface area contributed by atoms with E-state index in [2.05, 4.69) is 24.4 Å². The summed E-state index contributed by atoms with van der Waals surface area (Å²) in [5, 5.41) is 12.3. The number of ether oxygens (including phenoxy) is 1. The summed E-state index contributed by atoms with van der Waals surface area (Å²) in [6.07, 6.45) is 0. The second-order valence-corrected chi connectivity index (χ2v) is 4.50. The third kappa shape index (κ3) is 3.17. The molecule has 3 nitrogen and oxygen atoms in total. The second kappa shape index (κ2) is 6.74. The predicted molar refractivity (Wildman–Crippen MR) is 80.5 cm³/mol. The number of nitriles is 1. The smallest absolute Gasteiger partial charge is 0.123 e. The monoisotopic (exact) mass is 266 g/mol. The molecule has 1 N–H and O–H groups in total. The minimum absolute atomic E-state index is 0.673. The van der Waals surface area contributed by atoms with Crippen LogP contribution >= 0.6 is 0 Å². The van der Waals surface area contributed by atoms with E-state index < -0.39 is 0 Å². The Morgan fingerprint density at radius 1 is 1.15 bits per heavy atom. The first-order chi connectivity index (χ1) is 9.78. The van der Waals surface area contributed by atoms with E-state index in [-0.39, 0.29) is 0 Å². The highest BCUT2D eigenvalue weighted by atomic mass is 16.5. The average Bonchev–Trinajstić information content (AvgIpc) is 2.52. The van der Waals surface area contributed by atoms with E-state index in [0.717, 1.165) is 35.5 Å². The van der Waals surface area contributed by atoms with Crippen LogP contribution < -0.4 is 10.1 Å². The molecule has 0 spiro atoms. The largest absolute Gasteiger partial charge is 0.496 e. The fourth-order valence-corrected chi connectivity index (χ4v) is 2.12. The molecule has 3 heteroatoms. The number of nitrogens with one attached hydrogen (secondary N) is 1. The van der Waals surface area contributed by atoms with Crippen LogP contribution in [-0.4, -0.2) is 13.7 Å². The molecule has 0 saturated heterocycles. The molecule has 0 fully saturated rings. The van der Waals surface area contributed by atoms with Gasteiger partial charge in [-0.25, -0.2) is 0 Å². The van der Waals surface area contributed by atoms with Gasteiger partial charge in [0.2, 0.25) is 0 Å². The van der Waals surface area contributed by atoms with E-state index in [1.807, 2.05) is 36.4 Å². The summed E-state index contributed by atoms with van der Waals surface area (Å²) in [5.74, 6) is 0.881. The Hall–Kier alpha value is -2.31. The molecule has 102 valence electrons. The molecule has 0 atom stereocenters. The second-order valence-electron chi connectivity index (χ2n) is 4.50. The zero-order valence-electron chi connectivity index (χ0n) is 11.8. The third-order valence-corrected chi connectivity index (χ3v) is 3.17. The van der Waals surface area contributed by atoms with Gasteiger partial charge >= 0.3 is 0 Å². The van der Waals surface area contributed by atoms with E-state index in [0.29, 0.717) is 5.56 Å². The van der Waals surface area contributed by atoms with E-state index in [9.17, 15) is 0 Å². The van der Waals surface area contributed by atoms with Gasteiger partial charge in [-0.15, -0.1) is 0 Å². The molecule has 0 aliphatic rings. The highest BCUT2D eigenvalue weighted by molar-refractivity contribution is 5.67. The van der Waals surface area contributed by atoms with E-state index in [4.69, 9.17) is 10.00 Å². The molecular formula is C17H18N2O. The van der Waals surface area contributed by atoms with Crippen LogP contribution in [0.1, 0.15) is 18.1 Å². The number of rotatable bonds is 5. The van der Waals surface area contributed by atoms with Gasteiger partial charge in [-0.05, 0) is 41.9 Å². The van der Waals surface area contributed by atoms with Crippen molar-refractivity contribution in [1.29, 1.82) is 5.26 Å². The lowest BCUT2D eigenvalue weighted by molar-refractivity contribution is 0.408. The van der Waals surface area contributed by atoms with Crippen molar-refractivity contribution in [3.8, 4) is 22.9 Å². The lowest BCUT2D eigenvalue weighted by Gasteiger charge is -2.11. The Morgan fingerprint density at radius 3 is 2.65 bits per heavy atom. The van der Waals surface area contributed by atoms with Gasteiger partial charge in [-0.3, -0.25) is 0 Å². The molecule has 0 aliphatic heterocycles. The van der Waals surface area contributed by atoms with E-state index in [1.54, 1.807) is 7.11 Å². The fraction of sp³-hybridized carbons (Fsp3) is 0.235. The molecule has 0 bridgehead atoms. The van der Waals surface area contributed by atoms with Gasteiger partial charge in [-0.1, -0.05) is 25.1 Å². The Labute approximate surface area is 119 Å². The molecule has 0 unspecified atom stereocenters. The van der Waals surface area contributed by atoms with Crippen molar-refractivity contribution >= 4 is 0 Å². The van der Waals surface area contributed by atoms with Gasteiger partial charge in [-0.2, -0.15) is 5.26 Å². The van der Waals surface area contributed by atoms with Crippen molar-refractivity contribution in [2.45, 2.75) is 13.5 Å². The number of hydrogen-bond acceptors (Lipinski definition) is 3. The molecule has 2 aromatic rings. The molecule has 0 radical (unpaired) electrons. The first kappa shape index (κ1) is 14.1. The molecule has 2 rings (SSSR count). The molecule has 2 aromatic carbocycles. The van der Waals surface area contributed by atoms with Crippen LogP contribution in [0.5, 0.6) is 5.75 Å². The van der Waals surface area contributed by atoms with Crippen LogP contribution in [0.4, 0.5) is 0 Å². The number of nitrogens with zero attached hydrogens (tertiary/aromatic N) is 1. The summed E-state index contributed by atoms with van der Waals surface area (Å²) >= 11 is 0. The van der Waals surface area contributed by atoms with Gasteiger partial charge in [0.1, 0.15) is 5.75 Å². The van der Waals surface area contributed by atoms with Crippen molar-refractivity contribution in [3.63, 3.8) is 0 Å². The summed E-state index contributed by atoms with van der Waals surface area (Å²) < 4.78 is 5.39. The van der Waals surface area contributed by atoms with Crippen molar-refractivity contribution in [3.05, 3.63) is 53.6 Å². The SMILES string of the molecule is CCNCc1cc(-c2cccc(C#N)c2)ccc1OC. The van der Waals surface area contributed by atoms with Gasteiger partial charge in [0, 0.05) is 12.1 Å². The number of benzene rings is 2. The summed E-state index contributed by atoms with van der Waals surface area (Å²) in [6, 6.07) is 15.9. The molecule has 0 heterocycles. The Kier molecular flexibility index (Phi) is 4.75. The topological polar surface area (TPSA) is 45.0 Å². The molecule has 0 aliphatic carbocycles. The van der Waals surface area contributed by atoms with E-state index in [1.165, 1.54) is 0 Å². The van der Waals surface area contributed by atoms with Gasteiger partial charge < -0.3 is 10.1 Å². The van der Waals surface area contributed by atoms with Crippen LogP contribution in [0.3, 0.4) is 0 Å². The van der Waals surface area contributed by atoms with Crippen molar-refractivity contribution in [1.82, 2.24) is 5.32 Å². The maximum atomic E-state index is 8.98. The van der Waals surface area contributed by atoms with Gasteiger partial charge in [0.15, 0.2) is 0 Å². The lowest BCUT2D eigenvalue weighted by atomic mass is 10.0. The normalized spacial score (nSPS) is 10.1. The maximum absolute atomic E-state index is 8.98. The van der Waals surface area contributed by atoms with Crippen LogP contribution in [0.15, 0.2) is 42.5 Å². The number of hydrogen-bond donors (Lipinski definition) is 1. The highest BCUT2D eigenvalue weighted by Gasteiger charge is 2.06. The van der Waals surface area contributed by atoms with Gasteiger partial charge in [0.05, 0.1) is 18.7 Å². The predicted octanol–water partition coefficient (Wildman–Crippen LogP) is 3.34. The standard InChI is InChI=1S/C17H18N2O/c1-3-19-12-16-10-15(7-8-17(16)20-2)14-6-4-5-13(9-14)11-18/h4-10,19H,3,12H2,1-2H3. The first-order valence-electron chi connectivity index (χ1n) is 6.66. The Balaban J connectivity index is 2.39. The van der Waals surface area contributed by atoms with Crippen molar-refractivity contribution in [2.75, 3.05) is 13.7 Å². The summed E-state index contributed by atoms with van der Waals surface area (Å²) in [7, 11) is 1.68. The molecule has 0 amide bonds. The average molecular weight is 266 g/mol. The maximum Gasteiger partial charge on any atom is 0.123 e. The van der Waals surface area contributed by atoms with Crippen LogP contribution in [0, 0.1) is 11.3 Å². The number of methoxy groups -OCH3 is 1. The van der Waals surface area contributed by atoms with Crippen LogP contribution in [-0.2, 0) is 6.54 Å². The molecule has 0 saturated carbocycles. The molecule has 0 aromatic heterocycles. The van der Waals surface area contributed by atoms with Gasteiger partial charge in [0.25, 0.3) is 0 Å². The van der Waals surface area contributed by atoms with Crippen molar-refractivity contribution in [2.24, 2.45) is 0 Å². The summed E-state index contributed by atoms with van der Waals surface area (Å²) in [5.41, 5.74) is 3.93. The van der Waals surface area contributed by atoms with Crippen LogP contribution in [0.2, 0.25) is 0 Å². The quantitative estimate of drug-likeness (QED) is 0.902. The zero-order valence-corrected chi connectivity index (χ0v) is 11.8. The molecule has 20 heavy (non-hydrogen) atoms. The van der Waals surface area contributed by atoms with Crippen molar-refractivity contribution < 1.29 is 4.74 Å². The lowest BCUT2D eigenvalue weighted by Crippen LogP contribution is -2.12. The minimum Gasteiger partial charge on any atom is -0.496 e. The third-order valence-electron chi connectivity index (χ3n) is 3.17. The summed E-state index contributed by atoms with van der Waals surface area (Å²) in [4.78, 5) is 0. The highest BCUT2D eigenvalue weighted by Crippen LogP contribution is 2.27.